The highest BCUT2D eigenvalue weighted by atomic mass is 28.1. The monoisotopic (exact) mass is 128 g/mol. The van der Waals surface area contributed by atoms with Gasteiger partial charge in [0.1, 0.15) is 0 Å². The molecule has 0 N–H and O–H groups in total. The zero-order valence-corrected chi connectivity index (χ0v) is 0. The summed E-state index contributed by atoms with van der Waals surface area (Å²) in [5.41, 5.74) is 0. The fourth-order valence-electron chi connectivity index (χ4n) is 0. The Hall–Kier alpha value is 0.868. The van der Waals surface area contributed by atoms with Crippen LogP contribution in [-0.2, 0) is 0 Å². The Labute approximate surface area is 44.5 Å². The molecule has 0 aliphatic heterocycles. The van der Waals surface area contributed by atoms with Gasteiger partial charge in [-0.2, -0.15) is 0 Å². The lowest BCUT2D eigenvalue weighted by molar-refractivity contribution is 5.75. The van der Waals surface area contributed by atoms with Crippen LogP contribution in [0.25, 0.3) is 0 Å². The Bertz CT molecular complexity index is 0. The minimum atomic E-state index is 0. The second kappa shape index (κ2) is 42.3. The predicted molar refractivity (Wildman–Crippen MR) is 45.3 cm³/mol. The summed E-state index contributed by atoms with van der Waals surface area (Å²) in [4.78, 5) is 0. The van der Waals surface area contributed by atoms with E-state index >= 15 is 0 Å². The Morgan fingerprint density at radius 1 is 0.250 bits per heavy atom. The molecule has 0 saturated heterocycles. The molecule has 0 fully saturated rings. The smallest absolute Gasteiger partial charge is 0.0149 e. The van der Waals surface area contributed by atoms with Crippen LogP contribution in [-0.4, -0.2) is 43.9 Å². The van der Waals surface area contributed by atoms with Gasteiger partial charge in [-0.1, -0.05) is 0 Å². The van der Waals surface area contributed by atoms with Crippen LogP contribution >= 0.6 is 0 Å². The molecule has 0 aromatic heterocycles. The standard InChI is InChI=1S/4H4Si/h4*1H4. The van der Waals surface area contributed by atoms with Crippen LogP contribution in [0.2, 0.25) is 0 Å². The summed E-state index contributed by atoms with van der Waals surface area (Å²) < 4.78 is 0. The summed E-state index contributed by atoms with van der Waals surface area (Å²) in [6.07, 6.45) is 0. The molecule has 4 heavy (non-hydrogen) atoms. The van der Waals surface area contributed by atoms with Crippen molar-refractivity contribution in [2.75, 3.05) is 0 Å². The SMILES string of the molecule is [SiH4].[SiH4].[SiH4].[SiH4]. The maximum Gasteiger partial charge on any atom is -0.0149 e. The highest BCUT2D eigenvalue weighted by molar-refractivity contribution is 5.76. The minimum absolute atomic E-state index is 0. The molecular formula is H16Si4. The second-order valence-corrected chi connectivity index (χ2v) is 0. The van der Waals surface area contributed by atoms with Crippen molar-refractivity contribution in [3.8, 4) is 0 Å². The van der Waals surface area contributed by atoms with Crippen LogP contribution in [0.5, 0.6) is 0 Å². The molecule has 0 bridgehead atoms. The first-order valence-electron chi connectivity index (χ1n) is 0. The Balaban J connectivity index is 0. The highest BCUT2D eigenvalue weighted by Crippen LogP contribution is -0.378. The topological polar surface area (TPSA) is 0 Å². The second-order valence-electron chi connectivity index (χ2n) is 0. The van der Waals surface area contributed by atoms with Crippen LogP contribution in [0.15, 0.2) is 0 Å². The van der Waals surface area contributed by atoms with E-state index in [0.717, 1.165) is 0 Å². The zero-order valence-electron chi connectivity index (χ0n) is 0. The van der Waals surface area contributed by atoms with Crippen molar-refractivity contribution in [2.45, 2.75) is 0 Å². The Morgan fingerprint density at radius 3 is 0.250 bits per heavy atom. The van der Waals surface area contributed by atoms with Gasteiger partial charge in [-0.15, -0.1) is 0 Å². The van der Waals surface area contributed by atoms with E-state index in [1.807, 2.05) is 0 Å². The van der Waals surface area contributed by atoms with Crippen molar-refractivity contribution in [1.29, 1.82) is 0 Å². The van der Waals surface area contributed by atoms with Gasteiger partial charge in [0.15, 0.2) is 0 Å². The van der Waals surface area contributed by atoms with Crippen molar-refractivity contribution in [2.24, 2.45) is 0 Å². The molecule has 0 saturated carbocycles. The first-order valence-corrected chi connectivity index (χ1v) is 0. The zero-order chi connectivity index (χ0) is 0. The average molecular weight is 128 g/mol. The molecule has 0 atom stereocenters. The van der Waals surface area contributed by atoms with Crippen molar-refractivity contribution in [3.63, 3.8) is 0 Å². The molecule has 0 unspecified atom stereocenters. The van der Waals surface area contributed by atoms with E-state index in [4.69, 9.17) is 0 Å². The first kappa shape index (κ1) is 96.7. The molecule has 4 heteroatoms. The summed E-state index contributed by atoms with van der Waals surface area (Å²) in [6.45, 7) is 0. The third-order valence-electron chi connectivity index (χ3n) is 0. The first-order chi connectivity index (χ1) is 0. The van der Waals surface area contributed by atoms with Crippen molar-refractivity contribution in [1.82, 2.24) is 0 Å². The fraction of sp³-hybridized carbons (Fsp3) is 0. The Morgan fingerprint density at radius 2 is 0.250 bits per heavy atom. The molecule has 0 aliphatic carbocycles. The van der Waals surface area contributed by atoms with Gasteiger partial charge in [0, 0.05) is 0 Å². The summed E-state index contributed by atoms with van der Waals surface area (Å²) >= 11 is 0. The summed E-state index contributed by atoms with van der Waals surface area (Å²) in [5.74, 6) is 0. The molecule has 32 valence electrons. The fourth-order valence-corrected chi connectivity index (χ4v) is 0. The van der Waals surface area contributed by atoms with Crippen LogP contribution in [0.4, 0.5) is 0 Å². The van der Waals surface area contributed by atoms with E-state index in [1.54, 1.807) is 0 Å². The largest absolute Gasteiger partial charge is 0.0149 e. The lowest BCUT2D eigenvalue weighted by Crippen LogP contribution is -0.382. The van der Waals surface area contributed by atoms with Gasteiger partial charge in [0.2, 0.25) is 0 Å². The van der Waals surface area contributed by atoms with E-state index in [-0.39, 0.29) is 43.9 Å². The van der Waals surface area contributed by atoms with Crippen molar-refractivity contribution < 1.29 is 0 Å². The van der Waals surface area contributed by atoms with E-state index in [9.17, 15) is 0 Å². The lowest BCUT2D eigenvalue weighted by Gasteiger charge is -0.0159. The minimum Gasteiger partial charge on any atom is -0.0149 e. The van der Waals surface area contributed by atoms with Crippen LogP contribution in [0.3, 0.4) is 0 Å². The Kier molecular flexibility index (Phi) is 1020. The molecule has 0 aromatic carbocycles. The quantitative estimate of drug-likeness (QED) is 0.285. The average Bonchev–Trinajstić information content (AvgIpc) is 0. The molecule has 0 rings (SSSR count). The van der Waals surface area contributed by atoms with E-state index in [2.05, 4.69) is 0 Å². The maximum atomic E-state index is 0. The van der Waals surface area contributed by atoms with E-state index < -0.39 is 0 Å². The lowest BCUT2D eigenvalue weighted by atomic mass is 28.1. The molecule has 0 aromatic rings. The van der Waals surface area contributed by atoms with Gasteiger partial charge in [-0.3, -0.25) is 0 Å². The number of hydrogen-bond donors (Lipinski definition) is 0. The van der Waals surface area contributed by atoms with Gasteiger partial charge in [0.25, 0.3) is 0 Å². The van der Waals surface area contributed by atoms with E-state index in [1.165, 1.54) is 0 Å². The van der Waals surface area contributed by atoms with Gasteiger partial charge < -0.3 is 0 Å². The number of rotatable bonds is 0. The summed E-state index contributed by atoms with van der Waals surface area (Å²) in [6, 6.07) is 0. The van der Waals surface area contributed by atoms with Gasteiger partial charge >= 0.3 is 0 Å². The molecule has 0 spiro atoms. The molecular weight excluding hydrogens is 112 g/mol. The molecule has 0 radical (unpaired) electrons. The van der Waals surface area contributed by atoms with Crippen LogP contribution in [0, 0.1) is 0 Å². The van der Waals surface area contributed by atoms with Crippen molar-refractivity contribution in [3.05, 3.63) is 0 Å². The third-order valence-corrected chi connectivity index (χ3v) is 0. The predicted octanol–water partition coefficient (Wildman–Crippen LogP) is -5.81. The van der Waals surface area contributed by atoms with Gasteiger partial charge in [0.05, 0.1) is 0 Å². The van der Waals surface area contributed by atoms with E-state index in [0.29, 0.717) is 0 Å². The maximum absolute atomic E-state index is 0. The third kappa shape index (κ3) is 13.3. The van der Waals surface area contributed by atoms with Crippen LogP contribution < -0.4 is 0 Å². The van der Waals surface area contributed by atoms with Crippen molar-refractivity contribution >= 4 is 43.9 Å². The van der Waals surface area contributed by atoms with Crippen LogP contribution in [0.1, 0.15) is 0 Å². The number of hydrogen-bond acceptors (Lipinski definition) is 0. The normalized spacial score (nSPS) is 0. The molecule has 0 heterocycles. The molecule has 0 aliphatic rings. The van der Waals surface area contributed by atoms with Gasteiger partial charge in [-0.25, -0.2) is 0 Å². The summed E-state index contributed by atoms with van der Waals surface area (Å²) in [5, 5.41) is 0. The molecule has 0 amide bonds. The van der Waals surface area contributed by atoms with Gasteiger partial charge in [-0.05, 0) is 43.9 Å². The molecule has 0 nitrogen and oxygen atoms in total. The highest BCUT2D eigenvalue weighted by Gasteiger charge is -0.0119. The summed E-state index contributed by atoms with van der Waals surface area (Å²) in [7, 11) is 0.